The highest BCUT2D eigenvalue weighted by molar-refractivity contribution is 6.32. The van der Waals surface area contributed by atoms with Gasteiger partial charge in [-0.3, -0.25) is 4.79 Å². The average molecular weight is 402 g/mol. The second-order valence-corrected chi connectivity index (χ2v) is 8.10. The van der Waals surface area contributed by atoms with E-state index in [4.69, 9.17) is 25.6 Å². The van der Waals surface area contributed by atoms with Crippen molar-refractivity contribution in [3.05, 3.63) is 46.4 Å². The Labute approximate surface area is 166 Å². The van der Waals surface area contributed by atoms with Gasteiger partial charge in [-0.2, -0.15) is 0 Å². The molecule has 1 amide bonds. The number of nitrogens with one attached hydrogen (secondary N) is 2. The van der Waals surface area contributed by atoms with Crippen molar-refractivity contribution in [3.8, 4) is 5.75 Å². The summed E-state index contributed by atoms with van der Waals surface area (Å²) in [5.74, 6) is 1.27. The molecule has 3 aliphatic rings. The van der Waals surface area contributed by atoms with Crippen LogP contribution in [0.25, 0.3) is 10.9 Å². The molecule has 28 heavy (non-hydrogen) atoms. The molecule has 2 aliphatic heterocycles. The normalized spacial score (nSPS) is 23.0. The minimum atomic E-state index is -0.305. The van der Waals surface area contributed by atoms with Crippen LogP contribution in [0.2, 0.25) is 5.02 Å². The maximum Gasteiger partial charge on any atom is 0.229 e. The molecule has 6 rings (SSSR count). The van der Waals surface area contributed by atoms with Gasteiger partial charge in [0.25, 0.3) is 0 Å². The molecule has 2 N–H and O–H groups in total. The summed E-state index contributed by atoms with van der Waals surface area (Å²) in [4.78, 5) is 15.8. The van der Waals surface area contributed by atoms with E-state index >= 15 is 0 Å². The Morgan fingerprint density at radius 2 is 2.25 bits per heavy atom. The fraction of sp³-hybridized carbons (Fsp3) is 0.400. The molecule has 1 aromatic carbocycles. The molecule has 1 aliphatic carbocycles. The number of amides is 1. The SMILES string of the molecule is Cc1cc(COc2cc3[nH]c(CNC(=O)C45COC(C4)C5)cc3cc2Cl)on1. The number of aryl methyl sites for hydroxylation is 1. The van der Waals surface area contributed by atoms with Gasteiger partial charge >= 0.3 is 0 Å². The number of nitrogens with zero attached hydrogens (tertiary/aromatic N) is 1. The number of benzene rings is 1. The monoisotopic (exact) mass is 401 g/mol. The molecule has 0 unspecified atom stereocenters. The number of halogens is 1. The second kappa shape index (κ2) is 6.53. The van der Waals surface area contributed by atoms with Crippen molar-refractivity contribution < 1.29 is 18.8 Å². The third-order valence-corrected chi connectivity index (χ3v) is 5.82. The first-order chi connectivity index (χ1) is 13.5. The molecular formula is C20H20ClN3O4. The Hall–Kier alpha value is -2.51. The van der Waals surface area contributed by atoms with Crippen molar-refractivity contribution in [2.45, 2.75) is 39.0 Å². The molecule has 2 saturated heterocycles. The van der Waals surface area contributed by atoms with Crippen molar-refractivity contribution in [3.63, 3.8) is 0 Å². The van der Waals surface area contributed by atoms with Crippen LogP contribution in [-0.2, 0) is 22.7 Å². The number of aromatic amines is 1. The van der Waals surface area contributed by atoms with Crippen molar-refractivity contribution in [1.82, 2.24) is 15.5 Å². The molecule has 3 aromatic rings. The summed E-state index contributed by atoms with van der Waals surface area (Å²) in [7, 11) is 0. The maximum absolute atomic E-state index is 12.5. The summed E-state index contributed by atoms with van der Waals surface area (Å²) in [5, 5.41) is 8.34. The van der Waals surface area contributed by atoms with E-state index in [-0.39, 0.29) is 24.0 Å². The van der Waals surface area contributed by atoms with E-state index in [2.05, 4.69) is 15.5 Å². The van der Waals surface area contributed by atoms with Crippen molar-refractivity contribution in [2.24, 2.45) is 5.41 Å². The topological polar surface area (TPSA) is 89.4 Å². The number of carbonyl (C=O) groups excluding carboxylic acids is 1. The zero-order valence-corrected chi connectivity index (χ0v) is 16.1. The third kappa shape index (κ3) is 3.04. The quantitative estimate of drug-likeness (QED) is 0.660. The molecule has 2 bridgehead atoms. The molecule has 2 aromatic heterocycles. The fourth-order valence-electron chi connectivity index (χ4n) is 3.97. The number of ether oxygens (including phenoxy) is 2. The molecule has 1 saturated carbocycles. The molecule has 7 nitrogen and oxygen atoms in total. The first-order valence-corrected chi connectivity index (χ1v) is 9.65. The summed E-state index contributed by atoms with van der Waals surface area (Å²) in [6.45, 7) is 3.08. The van der Waals surface area contributed by atoms with Crippen LogP contribution in [0.15, 0.2) is 28.8 Å². The van der Waals surface area contributed by atoms with Crippen LogP contribution >= 0.6 is 11.6 Å². The molecule has 0 radical (unpaired) electrons. The molecule has 8 heteroatoms. The van der Waals surface area contributed by atoms with Crippen LogP contribution in [-0.4, -0.2) is 28.8 Å². The predicted octanol–water partition coefficient (Wildman–Crippen LogP) is 3.49. The Morgan fingerprint density at radius 3 is 2.96 bits per heavy atom. The van der Waals surface area contributed by atoms with Gasteiger partial charge in [0, 0.05) is 28.7 Å². The minimum Gasteiger partial charge on any atom is -0.484 e. The van der Waals surface area contributed by atoms with E-state index < -0.39 is 0 Å². The largest absolute Gasteiger partial charge is 0.484 e. The second-order valence-electron chi connectivity index (χ2n) is 7.69. The molecule has 4 heterocycles. The lowest BCUT2D eigenvalue weighted by Gasteiger charge is -2.33. The fourth-order valence-corrected chi connectivity index (χ4v) is 4.20. The van der Waals surface area contributed by atoms with Gasteiger partial charge in [-0.1, -0.05) is 16.8 Å². The van der Waals surface area contributed by atoms with Crippen LogP contribution in [0.3, 0.4) is 0 Å². The lowest BCUT2D eigenvalue weighted by atomic mass is 9.69. The summed E-state index contributed by atoms with van der Waals surface area (Å²) >= 11 is 6.35. The van der Waals surface area contributed by atoms with Gasteiger partial charge in [0.05, 0.1) is 35.4 Å². The number of rotatable bonds is 6. The van der Waals surface area contributed by atoms with Crippen LogP contribution in [0, 0.1) is 12.3 Å². The van der Waals surface area contributed by atoms with Crippen LogP contribution in [0.1, 0.15) is 30.0 Å². The summed E-state index contributed by atoms with van der Waals surface area (Å²) < 4.78 is 16.4. The first-order valence-electron chi connectivity index (χ1n) is 9.27. The number of hydrogen-bond donors (Lipinski definition) is 2. The number of H-pyrrole nitrogens is 1. The van der Waals surface area contributed by atoms with Gasteiger partial charge in [-0.05, 0) is 31.9 Å². The molecular weight excluding hydrogens is 382 g/mol. The molecule has 0 spiro atoms. The van der Waals surface area contributed by atoms with Gasteiger partial charge in [0.1, 0.15) is 12.4 Å². The summed E-state index contributed by atoms with van der Waals surface area (Å²) in [6.07, 6.45) is 1.96. The van der Waals surface area contributed by atoms with Crippen LogP contribution in [0.5, 0.6) is 5.75 Å². The summed E-state index contributed by atoms with van der Waals surface area (Å²) in [6, 6.07) is 7.50. The van der Waals surface area contributed by atoms with Crippen molar-refractivity contribution in [1.29, 1.82) is 0 Å². The lowest BCUT2D eigenvalue weighted by Crippen LogP contribution is -2.46. The van der Waals surface area contributed by atoms with Gasteiger partial charge in [-0.25, -0.2) is 0 Å². The molecule has 0 atom stereocenters. The minimum absolute atomic E-state index is 0.0734. The maximum atomic E-state index is 12.5. The van der Waals surface area contributed by atoms with E-state index in [1.807, 2.05) is 31.2 Å². The van der Waals surface area contributed by atoms with Gasteiger partial charge in [-0.15, -0.1) is 0 Å². The van der Waals surface area contributed by atoms with Gasteiger partial charge in [0.15, 0.2) is 5.76 Å². The Kier molecular flexibility index (Phi) is 4.10. The Balaban J connectivity index is 1.27. The van der Waals surface area contributed by atoms with Crippen LogP contribution in [0.4, 0.5) is 0 Å². The number of hydrogen-bond acceptors (Lipinski definition) is 5. The van der Waals surface area contributed by atoms with E-state index in [9.17, 15) is 4.79 Å². The molecule has 146 valence electrons. The highest BCUT2D eigenvalue weighted by Gasteiger charge is 2.56. The summed E-state index contributed by atoms with van der Waals surface area (Å²) in [5.41, 5.74) is 2.30. The van der Waals surface area contributed by atoms with Crippen molar-refractivity contribution in [2.75, 3.05) is 6.61 Å². The number of carbonyl (C=O) groups is 1. The number of fused-ring (bicyclic) bond motifs is 2. The molecule has 3 fully saturated rings. The lowest BCUT2D eigenvalue weighted by molar-refractivity contribution is -0.133. The van der Waals surface area contributed by atoms with E-state index in [0.29, 0.717) is 29.7 Å². The highest BCUT2D eigenvalue weighted by Crippen LogP contribution is 2.50. The first kappa shape index (κ1) is 17.6. The number of aromatic nitrogens is 2. The zero-order chi connectivity index (χ0) is 19.3. The highest BCUT2D eigenvalue weighted by atomic mass is 35.5. The van der Waals surface area contributed by atoms with E-state index in [1.54, 1.807) is 0 Å². The van der Waals surface area contributed by atoms with E-state index in [0.717, 1.165) is 35.1 Å². The zero-order valence-electron chi connectivity index (χ0n) is 15.4. The van der Waals surface area contributed by atoms with Gasteiger partial charge < -0.3 is 24.3 Å². The van der Waals surface area contributed by atoms with E-state index in [1.165, 1.54) is 0 Å². The van der Waals surface area contributed by atoms with Crippen LogP contribution < -0.4 is 10.1 Å². The standard InChI is InChI=1S/C20H20ClN3O4/c1-11-2-14(28-24-11)9-26-18-5-17-12(4-16(18)21)3-13(23-17)8-22-19(25)20-6-15(7-20)27-10-20/h2-5,15,23H,6-10H2,1H3,(H,22,25). The Bertz CT molecular complexity index is 1050. The average Bonchev–Trinajstić information content (AvgIpc) is 3.40. The van der Waals surface area contributed by atoms with Gasteiger partial charge in [0.2, 0.25) is 5.91 Å². The Morgan fingerprint density at radius 1 is 1.39 bits per heavy atom. The van der Waals surface area contributed by atoms with Crippen molar-refractivity contribution >= 4 is 28.4 Å². The third-order valence-electron chi connectivity index (χ3n) is 5.53. The predicted molar refractivity (Wildman–Crippen MR) is 102 cm³/mol. The smallest absolute Gasteiger partial charge is 0.229 e.